The molecule has 7 heteroatoms. The molecule has 5 nitrogen and oxygen atoms in total. The monoisotopic (exact) mass is 450 g/mol. The van der Waals surface area contributed by atoms with Gasteiger partial charge in [-0.2, -0.15) is 0 Å². The van der Waals surface area contributed by atoms with Gasteiger partial charge in [-0.3, -0.25) is 9.89 Å². The molecule has 1 saturated heterocycles. The van der Waals surface area contributed by atoms with Gasteiger partial charge in [0.25, 0.3) is 0 Å². The maximum absolute atomic E-state index is 5.94. The van der Waals surface area contributed by atoms with Crippen LogP contribution in [0.3, 0.4) is 0 Å². The van der Waals surface area contributed by atoms with E-state index in [9.17, 15) is 0 Å². The van der Waals surface area contributed by atoms with Gasteiger partial charge in [-0.1, -0.05) is 18.2 Å². The average Bonchev–Trinajstić information content (AvgIpc) is 2.99. The third-order valence-corrected chi connectivity index (χ3v) is 4.56. The maximum Gasteiger partial charge on any atom is 0.188 e. The fraction of sp³-hybridized carbons (Fsp3) is 0.562. The van der Waals surface area contributed by atoms with Crippen molar-refractivity contribution >= 4 is 41.3 Å². The van der Waals surface area contributed by atoms with Crippen LogP contribution in [-0.4, -0.2) is 49.7 Å². The van der Waals surface area contributed by atoms with Gasteiger partial charge in [0, 0.05) is 24.5 Å². The Kier molecular flexibility index (Phi) is 9.11. The number of morpholine rings is 1. The molecule has 0 aliphatic carbocycles. The zero-order valence-corrected chi connectivity index (χ0v) is 17.0. The highest BCUT2D eigenvalue weighted by Gasteiger charge is 2.26. The average molecular weight is 450 g/mol. The summed E-state index contributed by atoms with van der Waals surface area (Å²) >= 11 is 1.77. The fourth-order valence-electron chi connectivity index (χ4n) is 2.48. The number of halogens is 1. The molecule has 0 aromatic carbocycles. The Hall–Kier alpha value is -0.640. The first-order chi connectivity index (χ1) is 10.6. The van der Waals surface area contributed by atoms with E-state index in [-0.39, 0.29) is 36.1 Å². The van der Waals surface area contributed by atoms with Gasteiger partial charge in [-0.05, 0) is 25.3 Å². The summed E-state index contributed by atoms with van der Waals surface area (Å²) in [6.07, 6.45) is 0.263. The number of ether oxygens (including phenoxy) is 1. The van der Waals surface area contributed by atoms with Gasteiger partial charge in [0.05, 0.1) is 25.3 Å². The van der Waals surface area contributed by atoms with Gasteiger partial charge in [-0.25, -0.2) is 0 Å². The third kappa shape index (κ3) is 6.78. The number of thiophene rings is 1. The van der Waals surface area contributed by atoms with Crippen LogP contribution in [0.15, 0.2) is 34.7 Å². The molecule has 130 valence electrons. The molecule has 1 aliphatic heterocycles. The summed E-state index contributed by atoms with van der Waals surface area (Å²) in [5.41, 5.74) is 6.98. The summed E-state index contributed by atoms with van der Waals surface area (Å²) in [6.45, 7) is 11.9. The van der Waals surface area contributed by atoms with Crippen molar-refractivity contribution < 1.29 is 4.74 Å². The second-order valence-electron chi connectivity index (χ2n) is 5.74. The number of guanidine groups is 1. The van der Waals surface area contributed by atoms with Crippen molar-refractivity contribution in [3.05, 3.63) is 34.5 Å². The second-order valence-corrected chi connectivity index (χ2v) is 6.72. The topological polar surface area (TPSA) is 62.9 Å². The van der Waals surface area contributed by atoms with E-state index < -0.39 is 0 Å². The highest BCUT2D eigenvalue weighted by Crippen LogP contribution is 2.27. The minimum Gasteiger partial charge on any atom is -0.376 e. The minimum atomic E-state index is 0. The van der Waals surface area contributed by atoms with Crippen LogP contribution in [-0.2, 0) is 4.74 Å². The highest BCUT2D eigenvalue weighted by molar-refractivity contribution is 14.0. The van der Waals surface area contributed by atoms with Crippen LogP contribution in [0.5, 0.6) is 0 Å². The van der Waals surface area contributed by atoms with Gasteiger partial charge in [0.2, 0.25) is 0 Å². The third-order valence-electron chi connectivity index (χ3n) is 3.59. The van der Waals surface area contributed by atoms with E-state index in [4.69, 9.17) is 10.5 Å². The van der Waals surface area contributed by atoms with Crippen molar-refractivity contribution in [1.29, 1.82) is 0 Å². The van der Waals surface area contributed by atoms with E-state index in [0.29, 0.717) is 19.0 Å². The molecule has 23 heavy (non-hydrogen) atoms. The summed E-state index contributed by atoms with van der Waals surface area (Å²) in [5, 5.41) is 5.19. The summed E-state index contributed by atoms with van der Waals surface area (Å²) in [5.74, 6) is 0.478. The lowest BCUT2D eigenvalue weighted by Crippen LogP contribution is -2.44. The predicted molar refractivity (Wildman–Crippen MR) is 109 cm³/mol. The number of nitrogens with two attached hydrogens (primary N) is 1. The molecular weight excluding hydrogens is 423 g/mol. The predicted octanol–water partition coefficient (Wildman–Crippen LogP) is 2.61. The standard InChI is InChI=1S/C16H26N4OS.HI/c1-12(2)9-18-16(17)19-10-14(15-5-4-8-22-15)20-6-7-21-13(3)11-20;/h4-5,8,13-14H,1,6-7,9-11H2,2-3H3,(H3,17,18,19);1H. The molecule has 1 fully saturated rings. The molecular formula is C16H27IN4OS. The van der Waals surface area contributed by atoms with Gasteiger partial charge in [-0.15, -0.1) is 35.3 Å². The number of rotatable bonds is 6. The van der Waals surface area contributed by atoms with Gasteiger partial charge in [0.1, 0.15) is 0 Å². The Bertz CT molecular complexity index is 506. The number of nitrogens with one attached hydrogen (secondary N) is 1. The molecule has 2 rings (SSSR count). The zero-order valence-electron chi connectivity index (χ0n) is 13.8. The lowest BCUT2D eigenvalue weighted by molar-refractivity contribution is -0.0327. The summed E-state index contributed by atoms with van der Waals surface area (Å²) in [4.78, 5) is 8.28. The summed E-state index contributed by atoms with van der Waals surface area (Å²) in [6, 6.07) is 4.52. The van der Waals surface area contributed by atoms with E-state index in [2.05, 4.69) is 46.2 Å². The summed E-state index contributed by atoms with van der Waals surface area (Å²) in [7, 11) is 0. The van der Waals surface area contributed by atoms with Crippen LogP contribution in [0.1, 0.15) is 24.8 Å². The number of aliphatic imine (C=N–C) groups is 1. The zero-order chi connectivity index (χ0) is 15.9. The molecule has 0 saturated carbocycles. The van der Waals surface area contributed by atoms with Crippen molar-refractivity contribution in [2.24, 2.45) is 10.7 Å². The Balaban J connectivity index is 0.00000264. The van der Waals surface area contributed by atoms with Gasteiger partial charge >= 0.3 is 0 Å². The van der Waals surface area contributed by atoms with Crippen LogP contribution in [0.25, 0.3) is 0 Å². The Morgan fingerprint density at radius 1 is 1.65 bits per heavy atom. The Morgan fingerprint density at radius 2 is 2.43 bits per heavy atom. The number of nitrogens with zero attached hydrogens (tertiary/aromatic N) is 2. The Morgan fingerprint density at radius 3 is 3.04 bits per heavy atom. The van der Waals surface area contributed by atoms with Crippen molar-refractivity contribution in [2.45, 2.75) is 26.0 Å². The first-order valence-corrected chi connectivity index (χ1v) is 8.51. The molecule has 1 aromatic rings. The van der Waals surface area contributed by atoms with Crippen molar-refractivity contribution in [3.63, 3.8) is 0 Å². The molecule has 2 unspecified atom stereocenters. The number of hydrogen-bond acceptors (Lipinski definition) is 4. The van der Waals surface area contributed by atoms with Crippen LogP contribution < -0.4 is 11.1 Å². The van der Waals surface area contributed by atoms with E-state index in [1.807, 2.05) is 6.92 Å². The van der Waals surface area contributed by atoms with Crippen molar-refractivity contribution in [1.82, 2.24) is 10.2 Å². The van der Waals surface area contributed by atoms with E-state index >= 15 is 0 Å². The van der Waals surface area contributed by atoms with E-state index in [0.717, 1.165) is 25.3 Å². The molecule has 0 radical (unpaired) electrons. The molecule has 0 bridgehead atoms. The molecule has 3 N–H and O–H groups in total. The SMILES string of the molecule is C=C(C)CNC(N)=NCC(c1cccs1)N1CCOC(C)C1.I. The fourth-order valence-corrected chi connectivity index (χ4v) is 3.33. The van der Waals surface area contributed by atoms with E-state index in [1.165, 1.54) is 4.88 Å². The maximum atomic E-state index is 5.94. The largest absolute Gasteiger partial charge is 0.376 e. The van der Waals surface area contributed by atoms with Gasteiger partial charge < -0.3 is 15.8 Å². The smallest absolute Gasteiger partial charge is 0.188 e. The molecule has 2 heterocycles. The summed E-state index contributed by atoms with van der Waals surface area (Å²) < 4.78 is 5.65. The first-order valence-electron chi connectivity index (χ1n) is 7.63. The lowest BCUT2D eigenvalue weighted by atomic mass is 10.1. The molecule has 0 spiro atoms. The first kappa shape index (κ1) is 20.4. The normalized spacial score (nSPS) is 20.6. The minimum absolute atomic E-state index is 0. The van der Waals surface area contributed by atoms with Crippen molar-refractivity contribution in [3.8, 4) is 0 Å². The Labute approximate surface area is 160 Å². The van der Waals surface area contributed by atoms with Crippen LogP contribution in [0, 0.1) is 0 Å². The van der Waals surface area contributed by atoms with Crippen LogP contribution in [0.2, 0.25) is 0 Å². The van der Waals surface area contributed by atoms with Crippen LogP contribution >= 0.6 is 35.3 Å². The molecule has 0 amide bonds. The van der Waals surface area contributed by atoms with Crippen molar-refractivity contribution in [2.75, 3.05) is 32.8 Å². The molecule has 2 atom stereocenters. The van der Waals surface area contributed by atoms with Gasteiger partial charge in [0.15, 0.2) is 5.96 Å². The van der Waals surface area contributed by atoms with Crippen LogP contribution in [0.4, 0.5) is 0 Å². The number of hydrogen-bond donors (Lipinski definition) is 2. The molecule has 1 aliphatic rings. The highest BCUT2D eigenvalue weighted by atomic mass is 127. The lowest BCUT2D eigenvalue weighted by Gasteiger charge is -2.36. The second kappa shape index (κ2) is 10.3. The van der Waals surface area contributed by atoms with E-state index in [1.54, 1.807) is 11.3 Å². The molecule has 1 aromatic heterocycles. The quantitative estimate of drug-likeness (QED) is 0.303.